The highest BCUT2D eigenvalue weighted by Gasteiger charge is 2.23. The van der Waals surface area contributed by atoms with E-state index in [0.717, 1.165) is 82.1 Å². The number of furan rings is 1. The Labute approximate surface area is 393 Å². The molecule has 0 aliphatic rings. The lowest BCUT2D eigenvalue weighted by atomic mass is 9.95. The Balaban J connectivity index is 1.01. The Morgan fingerprint density at radius 1 is 0.382 bits per heavy atom. The summed E-state index contributed by atoms with van der Waals surface area (Å²) >= 11 is 1.75. The molecule has 15 rings (SSSR count). The molecule has 0 bridgehead atoms. The summed E-state index contributed by atoms with van der Waals surface area (Å²) in [6.45, 7) is 0. The third-order valence-electron chi connectivity index (χ3n) is 13.9. The number of thiophene rings is 1. The molecular weight excluding hydrogens is 849 g/mol. The Morgan fingerprint density at radius 3 is 1.82 bits per heavy atom. The van der Waals surface area contributed by atoms with Crippen molar-refractivity contribution < 1.29 is 4.42 Å². The highest BCUT2D eigenvalue weighted by Crippen LogP contribution is 2.46. The van der Waals surface area contributed by atoms with Crippen molar-refractivity contribution >= 4 is 109 Å². The molecule has 0 N–H and O–H groups in total. The first kappa shape index (κ1) is 37.4. The van der Waals surface area contributed by atoms with E-state index in [-0.39, 0.29) is 0 Å². The first-order chi connectivity index (χ1) is 33.7. The van der Waals surface area contributed by atoms with Crippen LogP contribution in [0.15, 0.2) is 223 Å². The summed E-state index contributed by atoms with van der Waals surface area (Å²) in [6.07, 6.45) is 0. The van der Waals surface area contributed by atoms with Crippen molar-refractivity contribution in [1.29, 1.82) is 0 Å². The van der Waals surface area contributed by atoms with Crippen LogP contribution in [0.5, 0.6) is 0 Å². The van der Waals surface area contributed by atoms with Gasteiger partial charge in [-0.2, -0.15) is 0 Å². The van der Waals surface area contributed by atoms with Gasteiger partial charge in [0.1, 0.15) is 11.2 Å². The third-order valence-corrected chi connectivity index (χ3v) is 15.1. The van der Waals surface area contributed by atoms with Gasteiger partial charge in [-0.1, -0.05) is 158 Å². The average molecular weight is 885 g/mol. The summed E-state index contributed by atoms with van der Waals surface area (Å²) in [6, 6.07) is 78.5. The molecule has 68 heavy (non-hydrogen) atoms. The van der Waals surface area contributed by atoms with E-state index in [1.807, 2.05) is 12.1 Å². The second-order valence-corrected chi connectivity index (χ2v) is 18.7. The molecule has 15 aromatic rings. The van der Waals surface area contributed by atoms with Gasteiger partial charge in [0.05, 0.1) is 38.0 Å². The van der Waals surface area contributed by atoms with Gasteiger partial charge in [0.15, 0.2) is 0 Å². The lowest BCUT2D eigenvalue weighted by Gasteiger charge is -2.11. The second-order valence-electron chi connectivity index (χ2n) is 17.7. The molecule has 316 valence electrons. The molecule has 0 unspecified atom stereocenters. The van der Waals surface area contributed by atoms with Gasteiger partial charge in [-0.15, -0.1) is 11.3 Å². The largest absolute Gasteiger partial charge is 0.456 e. The molecule has 0 radical (unpaired) electrons. The van der Waals surface area contributed by atoms with Crippen molar-refractivity contribution in [3.63, 3.8) is 0 Å². The van der Waals surface area contributed by atoms with Crippen molar-refractivity contribution in [2.75, 3.05) is 0 Å². The van der Waals surface area contributed by atoms with Gasteiger partial charge in [-0.25, -0.2) is 9.97 Å². The van der Waals surface area contributed by atoms with Gasteiger partial charge in [0, 0.05) is 48.4 Å². The average Bonchev–Trinajstić information content (AvgIpc) is 4.18. The van der Waals surface area contributed by atoms with Gasteiger partial charge in [-0.05, 0) is 98.9 Å². The number of fused-ring (bicyclic) bond motifs is 14. The molecule has 5 heterocycles. The lowest BCUT2D eigenvalue weighted by molar-refractivity contribution is 0.669. The quantitative estimate of drug-likeness (QED) is 0.173. The van der Waals surface area contributed by atoms with Crippen LogP contribution in [0.4, 0.5) is 0 Å². The fourth-order valence-corrected chi connectivity index (χ4v) is 12.0. The Bertz CT molecular complexity index is 4560. The molecule has 0 saturated heterocycles. The standard InChI is InChI=1S/C62H36N4OS/c1-3-16-39(17-4-1)56-36-49-61(68-56)60(40-18-5-2-6-19-40)64-62(63-49)66-50-30-28-41(34-48(50)57-43-20-9-7-14-37(43)26-31-52(57)66)45-23-13-24-51-59(45)58-44-21-10-8-15-38(44)27-32-53(58)65(51)42-29-33-55-47(35-42)46-22-11-12-25-54(46)67-55/h1-36H. The number of benzene rings is 10. The van der Waals surface area contributed by atoms with Crippen molar-refractivity contribution in [3.05, 3.63) is 218 Å². The molecule has 0 saturated carbocycles. The first-order valence-electron chi connectivity index (χ1n) is 23.0. The van der Waals surface area contributed by atoms with Crippen molar-refractivity contribution in [3.8, 4) is 44.5 Å². The first-order valence-corrected chi connectivity index (χ1v) is 23.8. The number of hydrogen-bond acceptors (Lipinski definition) is 4. The SMILES string of the molecule is c1ccc(-c2cc3nc(-n4c5ccc(-c6cccc7c6c6c8ccccc8ccc6n7-c6ccc7oc8ccccc8c7c6)cc5c5c6ccccc6ccc54)nc(-c4ccccc4)c3s2)cc1. The number of rotatable bonds is 5. The van der Waals surface area contributed by atoms with Crippen LogP contribution in [0.25, 0.3) is 142 Å². The van der Waals surface area contributed by atoms with E-state index in [4.69, 9.17) is 14.4 Å². The summed E-state index contributed by atoms with van der Waals surface area (Å²) in [5.74, 6) is 0.649. The van der Waals surface area contributed by atoms with Crippen molar-refractivity contribution in [2.45, 2.75) is 0 Å². The maximum absolute atomic E-state index is 6.30. The summed E-state index contributed by atoms with van der Waals surface area (Å²) in [5, 5.41) is 11.8. The van der Waals surface area contributed by atoms with Crippen LogP contribution in [-0.4, -0.2) is 19.1 Å². The molecule has 0 aliphatic heterocycles. The van der Waals surface area contributed by atoms with Gasteiger partial charge in [0.25, 0.3) is 0 Å². The van der Waals surface area contributed by atoms with Crippen LogP contribution < -0.4 is 0 Å². The zero-order chi connectivity index (χ0) is 44.5. The molecule has 0 fully saturated rings. The van der Waals surface area contributed by atoms with Crippen LogP contribution in [0.1, 0.15) is 0 Å². The highest BCUT2D eigenvalue weighted by atomic mass is 32.1. The third kappa shape index (κ3) is 5.43. The molecule has 5 nitrogen and oxygen atoms in total. The zero-order valence-corrected chi connectivity index (χ0v) is 37.2. The molecule has 0 atom stereocenters. The number of hydrogen-bond donors (Lipinski definition) is 0. The topological polar surface area (TPSA) is 48.8 Å². The van der Waals surface area contributed by atoms with Crippen LogP contribution >= 0.6 is 11.3 Å². The van der Waals surface area contributed by atoms with Crippen LogP contribution in [0.2, 0.25) is 0 Å². The molecule has 6 heteroatoms. The van der Waals surface area contributed by atoms with Gasteiger partial charge in [0.2, 0.25) is 5.95 Å². The maximum atomic E-state index is 6.30. The summed E-state index contributed by atoms with van der Waals surface area (Å²) in [7, 11) is 0. The minimum Gasteiger partial charge on any atom is -0.456 e. The van der Waals surface area contributed by atoms with Crippen LogP contribution in [-0.2, 0) is 0 Å². The molecule has 0 aliphatic carbocycles. The zero-order valence-electron chi connectivity index (χ0n) is 36.4. The minimum atomic E-state index is 0.649. The summed E-state index contributed by atoms with van der Waals surface area (Å²) < 4.78 is 12.1. The fourth-order valence-electron chi connectivity index (χ4n) is 10.9. The second kappa shape index (κ2) is 14.3. The molecule has 0 spiro atoms. The number of aromatic nitrogens is 4. The van der Waals surface area contributed by atoms with E-state index in [2.05, 4.69) is 215 Å². The van der Waals surface area contributed by atoms with E-state index < -0.39 is 0 Å². The van der Waals surface area contributed by atoms with E-state index in [0.29, 0.717) is 5.95 Å². The summed E-state index contributed by atoms with van der Waals surface area (Å²) in [5.41, 5.74) is 13.7. The Kier molecular flexibility index (Phi) is 7.88. The van der Waals surface area contributed by atoms with Gasteiger partial charge >= 0.3 is 0 Å². The molecule has 0 amide bonds. The highest BCUT2D eigenvalue weighted by molar-refractivity contribution is 7.22. The molecule has 10 aromatic carbocycles. The van der Waals surface area contributed by atoms with E-state index in [9.17, 15) is 0 Å². The normalized spacial score (nSPS) is 12.1. The van der Waals surface area contributed by atoms with E-state index in [1.54, 1.807) is 11.3 Å². The van der Waals surface area contributed by atoms with Gasteiger partial charge in [-0.3, -0.25) is 4.57 Å². The predicted molar refractivity (Wildman–Crippen MR) is 285 cm³/mol. The van der Waals surface area contributed by atoms with E-state index in [1.165, 1.54) is 53.7 Å². The monoisotopic (exact) mass is 884 g/mol. The Morgan fingerprint density at radius 2 is 1.03 bits per heavy atom. The minimum absolute atomic E-state index is 0.649. The lowest BCUT2D eigenvalue weighted by Crippen LogP contribution is -2.02. The van der Waals surface area contributed by atoms with Crippen molar-refractivity contribution in [2.24, 2.45) is 0 Å². The van der Waals surface area contributed by atoms with Crippen molar-refractivity contribution in [1.82, 2.24) is 19.1 Å². The van der Waals surface area contributed by atoms with E-state index >= 15 is 0 Å². The predicted octanol–water partition coefficient (Wildman–Crippen LogP) is 17.1. The maximum Gasteiger partial charge on any atom is 0.235 e. The summed E-state index contributed by atoms with van der Waals surface area (Å²) in [4.78, 5) is 12.1. The molecule has 5 aromatic heterocycles. The number of nitrogens with zero attached hydrogens (tertiary/aromatic N) is 4. The van der Waals surface area contributed by atoms with Crippen LogP contribution in [0.3, 0.4) is 0 Å². The fraction of sp³-hybridized carbons (Fsp3) is 0. The molecular formula is C62H36N4OS. The number of para-hydroxylation sites is 1. The van der Waals surface area contributed by atoms with Gasteiger partial charge < -0.3 is 8.98 Å². The smallest absolute Gasteiger partial charge is 0.235 e. The Hall–Kier alpha value is -8.84. The van der Waals surface area contributed by atoms with Crippen LogP contribution in [0, 0.1) is 0 Å².